The summed E-state index contributed by atoms with van der Waals surface area (Å²) in [5, 5.41) is 13.9. The van der Waals surface area contributed by atoms with Crippen molar-refractivity contribution in [2.24, 2.45) is 5.10 Å². The molecule has 6 nitrogen and oxygen atoms in total. The van der Waals surface area contributed by atoms with Gasteiger partial charge in [-0.25, -0.2) is 5.43 Å². The number of nitrogens with one attached hydrogen (secondary N) is 1. The Kier molecular flexibility index (Phi) is 4.40. The van der Waals surface area contributed by atoms with Crippen LogP contribution in [0.4, 0.5) is 0 Å². The molecule has 0 aromatic heterocycles. The minimum atomic E-state index is -0.571. The molecule has 118 valence electrons. The number of ether oxygens (including phenoxy) is 2. The van der Waals surface area contributed by atoms with Crippen molar-refractivity contribution < 1.29 is 19.4 Å². The third-order valence-corrected chi connectivity index (χ3v) is 3.99. The molecule has 1 heterocycles. The number of amides is 1. The van der Waals surface area contributed by atoms with Crippen molar-refractivity contribution in [3.63, 3.8) is 0 Å². The first-order chi connectivity index (χ1) is 11.0. The summed E-state index contributed by atoms with van der Waals surface area (Å²) in [4.78, 5) is 12.0. The molecule has 2 aromatic carbocycles. The van der Waals surface area contributed by atoms with E-state index in [2.05, 4.69) is 26.5 Å². The molecular formula is C15H10BrClN2O4. The number of benzene rings is 2. The zero-order valence-corrected chi connectivity index (χ0v) is 13.9. The first kappa shape index (κ1) is 15.6. The van der Waals surface area contributed by atoms with Crippen LogP contribution in [-0.2, 0) is 0 Å². The first-order valence-corrected chi connectivity index (χ1v) is 7.63. The Balaban J connectivity index is 1.74. The summed E-state index contributed by atoms with van der Waals surface area (Å²) in [6.45, 7) is 0.174. The fraction of sp³-hybridized carbons (Fsp3) is 0.0667. The fourth-order valence-corrected chi connectivity index (χ4v) is 2.54. The van der Waals surface area contributed by atoms with E-state index in [1.54, 1.807) is 12.1 Å². The lowest BCUT2D eigenvalue weighted by molar-refractivity contribution is 0.0952. The van der Waals surface area contributed by atoms with Crippen molar-refractivity contribution in [1.29, 1.82) is 0 Å². The van der Waals surface area contributed by atoms with Crippen molar-refractivity contribution in [2.75, 3.05) is 6.79 Å². The second-order valence-corrected chi connectivity index (χ2v) is 5.88. The predicted molar refractivity (Wildman–Crippen MR) is 88.4 cm³/mol. The molecule has 23 heavy (non-hydrogen) atoms. The van der Waals surface area contributed by atoms with Gasteiger partial charge in [0.2, 0.25) is 6.79 Å². The van der Waals surface area contributed by atoms with Crippen LogP contribution in [0.5, 0.6) is 17.2 Å². The average Bonchev–Trinajstić information content (AvgIpc) is 2.96. The maximum atomic E-state index is 12.0. The van der Waals surface area contributed by atoms with E-state index in [1.807, 2.05) is 0 Å². The van der Waals surface area contributed by atoms with Gasteiger partial charge in [-0.2, -0.15) is 5.10 Å². The van der Waals surface area contributed by atoms with Gasteiger partial charge in [0.15, 0.2) is 11.5 Å². The van der Waals surface area contributed by atoms with Gasteiger partial charge in [-0.1, -0.05) is 11.6 Å². The van der Waals surface area contributed by atoms with Gasteiger partial charge in [0.1, 0.15) is 5.75 Å². The van der Waals surface area contributed by atoms with Gasteiger partial charge in [-0.3, -0.25) is 4.79 Å². The highest BCUT2D eigenvalue weighted by Gasteiger charge is 2.16. The number of aromatic hydroxyl groups is 1. The third-order valence-electron chi connectivity index (χ3n) is 3.06. The number of halogens is 2. The second kappa shape index (κ2) is 6.47. The number of hydrazone groups is 1. The highest BCUT2D eigenvalue weighted by atomic mass is 79.9. The zero-order chi connectivity index (χ0) is 16.4. The lowest BCUT2D eigenvalue weighted by atomic mass is 10.2. The Bertz CT molecular complexity index is 810. The number of phenolic OH excluding ortho intramolecular Hbond substituents is 1. The summed E-state index contributed by atoms with van der Waals surface area (Å²) in [7, 11) is 0. The van der Waals surface area contributed by atoms with Crippen molar-refractivity contribution in [3.8, 4) is 17.2 Å². The maximum absolute atomic E-state index is 12.0. The molecule has 0 unspecified atom stereocenters. The number of carbonyl (C=O) groups is 1. The summed E-state index contributed by atoms with van der Waals surface area (Å²) < 4.78 is 11.3. The maximum Gasteiger partial charge on any atom is 0.275 e. The fourth-order valence-electron chi connectivity index (χ4n) is 1.94. The van der Waals surface area contributed by atoms with E-state index < -0.39 is 5.91 Å². The molecule has 0 bridgehead atoms. The second-order valence-electron chi connectivity index (χ2n) is 4.59. The number of phenols is 1. The summed E-state index contributed by atoms with van der Waals surface area (Å²) in [5.41, 5.74) is 3.07. The lowest BCUT2D eigenvalue weighted by Gasteiger charge is -2.04. The minimum absolute atomic E-state index is 0.0411. The van der Waals surface area contributed by atoms with Gasteiger partial charge in [-0.05, 0) is 46.3 Å². The van der Waals surface area contributed by atoms with Crippen LogP contribution in [0.15, 0.2) is 39.9 Å². The summed E-state index contributed by atoms with van der Waals surface area (Å²) in [6, 6.07) is 7.68. The number of carbonyl (C=O) groups excluding carboxylic acids is 1. The number of rotatable bonds is 3. The van der Waals surface area contributed by atoms with Gasteiger partial charge < -0.3 is 14.6 Å². The smallest absolute Gasteiger partial charge is 0.275 e. The molecule has 0 radical (unpaired) electrons. The van der Waals surface area contributed by atoms with Crippen LogP contribution in [0.1, 0.15) is 15.9 Å². The molecule has 1 aliphatic rings. The van der Waals surface area contributed by atoms with Crippen LogP contribution >= 0.6 is 27.5 Å². The molecule has 0 spiro atoms. The van der Waals surface area contributed by atoms with Crippen molar-refractivity contribution >= 4 is 39.7 Å². The Morgan fingerprint density at radius 3 is 2.83 bits per heavy atom. The lowest BCUT2D eigenvalue weighted by Crippen LogP contribution is -2.17. The Labute approximate surface area is 144 Å². The van der Waals surface area contributed by atoms with Crippen LogP contribution in [0, 0.1) is 0 Å². The van der Waals surface area contributed by atoms with Gasteiger partial charge in [0.05, 0.1) is 11.8 Å². The minimum Gasteiger partial charge on any atom is -0.507 e. The van der Waals surface area contributed by atoms with E-state index >= 15 is 0 Å². The van der Waals surface area contributed by atoms with Crippen LogP contribution in [0.3, 0.4) is 0 Å². The average molecular weight is 398 g/mol. The van der Waals surface area contributed by atoms with Gasteiger partial charge >= 0.3 is 0 Å². The molecule has 0 aliphatic carbocycles. The molecule has 0 saturated carbocycles. The van der Waals surface area contributed by atoms with Crippen LogP contribution < -0.4 is 14.9 Å². The monoisotopic (exact) mass is 396 g/mol. The molecule has 1 aliphatic heterocycles. The number of nitrogens with zero attached hydrogens (tertiary/aromatic N) is 1. The topological polar surface area (TPSA) is 80.2 Å². The van der Waals surface area contributed by atoms with Crippen molar-refractivity contribution in [3.05, 3.63) is 51.0 Å². The van der Waals surface area contributed by atoms with Gasteiger partial charge in [0.25, 0.3) is 5.91 Å². The van der Waals surface area contributed by atoms with Gasteiger partial charge in [0, 0.05) is 15.1 Å². The Morgan fingerprint density at radius 1 is 1.30 bits per heavy atom. The SMILES string of the molecule is O=C(N/N=C/c1cc2c(cc1Br)OCO2)c1cc(Cl)ccc1O. The van der Waals surface area contributed by atoms with E-state index in [4.69, 9.17) is 21.1 Å². The molecule has 8 heteroatoms. The van der Waals surface area contributed by atoms with Crippen LogP contribution in [0.2, 0.25) is 5.02 Å². The predicted octanol–water partition coefficient (Wildman–Crippen LogP) is 3.30. The largest absolute Gasteiger partial charge is 0.507 e. The highest BCUT2D eigenvalue weighted by molar-refractivity contribution is 9.10. The standard InChI is InChI=1S/C15H10BrClN2O4/c16-11-5-14-13(22-7-23-14)3-8(11)6-18-19-15(21)10-4-9(17)1-2-12(10)20/h1-6,20H,7H2,(H,19,21)/b18-6+. The Hall–Kier alpha value is -2.25. The summed E-state index contributed by atoms with van der Waals surface area (Å²) in [6.07, 6.45) is 1.45. The first-order valence-electron chi connectivity index (χ1n) is 6.45. The molecule has 0 saturated heterocycles. The molecule has 0 fully saturated rings. The summed E-state index contributed by atoms with van der Waals surface area (Å²) in [5.74, 6) is 0.500. The van der Waals surface area contributed by atoms with E-state index in [9.17, 15) is 9.90 Å². The molecule has 1 amide bonds. The highest BCUT2D eigenvalue weighted by Crippen LogP contribution is 2.36. The van der Waals surface area contributed by atoms with Crippen molar-refractivity contribution in [1.82, 2.24) is 5.43 Å². The quantitative estimate of drug-likeness (QED) is 0.615. The van der Waals surface area contributed by atoms with Gasteiger partial charge in [-0.15, -0.1) is 0 Å². The number of hydrogen-bond donors (Lipinski definition) is 2. The number of fused-ring (bicyclic) bond motifs is 1. The van der Waals surface area contributed by atoms with E-state index in [1.165, 1.54) is 24.4 Å². The zero-order valence-electron chi connectivity index (χ0n) is 11.5. The van der Waals surface area contributed by atoms with E-state index in [0.717, 1.165) is 4.47 Å². The summed E-state index contributed by atoms with van der Waals surface area (Å²) >= 11 is 9.19. The molecule has 3 rings (SSSR count). The van der Waals surface area contributed by atoms with Crippen LogP contribution in [0.25, 0.3) is 0 Å². The van der Waals surface area contributed by atoms with Crippen LogP contribution in [-0.4, -0.2) is 24.0 Å². The molecular weight excluding hydrogens is 388 g/mol. The third kappa shape index (κ3) is 3.40. The van der Waals surface area contributed by atoms with E-state index in [-0.39, 0.29) is 18.1 Å². The normalized spacial score (nSPS) is 12.6. The molecule has 2 N–H and O–H groups in total. The van der Waals surface area contributed by atoms with E-state index in [0.29, 0.717) is 22.1 Å². The molecule has 2 aromatic rings. The van der Waals surface area contributed by atoms with Crippen molar-refractivity contribution in [2.45, 2.75) is 0 Å². The number of hydrogen-bond acceptors (Lipinski definition) is 5. The molecule has 0 atom stereocenters. The Morgan fingerprint density at radius 2 is 2.04 bits per heavy atom.